The van der Waals surface area contributed by atoms with Crippen molar-refractivity contribution in [1.82, 2.24) is 9.80 Å². The van der Waals surface area contributed by atoms with Gasteiger partial charge in [-0.1, -0.05) is 84.9 Å². The summed E-state index contributed by atoms with van der Waals surface area (Å²) >= 11 is 0. The number of hydrogen-bond acceptors (Lipinski definition) is 2. The van der Waals surface area contributed by atoms with Gasteiger partial charge < -0.3 is 10.0 Å². The van der Waals surface area contributed by atoms with Crippen molar-refractivity contribution in [1.29, 1.82) is 0 Å². The molecule has 29 heavy (non-hydrogen) atoms. The minimum atomic E-state index is -0.887. The Bertz CT molecular complexity index is 1020. The number of aliphatic hydroxyl groups is 1. The molecule has 2 amide bonds. The molecule has 1 saturated heterocycles. The number of nitrogens with zero attached hydrogens (tertiary/aromatic N) is 2. The van der Waals surface area contributed by atoms with Gasteiger partial charge in [0.2, 0.25) is 0 Å². The van der Waals surface area contributed by atoms with Gasteiger partial charge in [0.25, 0.3) is 0 Å². The van der Waals surface area contributed by atoms with E-state index in [0.717, 1.165) is 29.5 Å². The van der Waals surface area contributed by atoms with Crippen LogP contribution >= 0.6 is 0 Å². The molecule has 1 aliphatic heterocycles. The number of fused-ring (bicyclic) bond motifs is 2. The maximum Gasteiger partial charge on any atom is 0.323 e. The quantitative estimate of drug-likeness (QED) is 0.729. The SMILES string of the molecule is O=C1N(Cc2ccccc2)C(O)C2(CCc3ccccc32)N1Cc1ccccc1. The highest BCUT2D eigenvalue weighted by Gasteiger charge is 2.59. The van der Waals surface area contributed by atoms with Crippen LogP contribution in [0.3, 0.4) is 0 Å². The molecule has 2 unspecified atom stereocenters. The van der Waals surface area contributed by atoms with Gasteiger partial charge >= 0.3 is 6.03 Å². The second-order valence-electron chi connectivity index (χ2n) is 7.92. The number of aliphatic hydroxyl groups excluding tert-OH is 1. The molecule has 1 N–H and O–H groups in total. The lowest BCUT2D eigenvalue weighted by atomic mass is 9.88. The average Bonchev–Trinajstić information content (AvgIpc) is 3.24. The fraction of sp³-hybridized carbons (Fsp3) is 0.240. The van der Waals surface area contributed by atoms with Gasteiger partial charge in [0.15, 0.2) is 6.23 Å². The van der Waals surface area contributed by atoms with Gasteiger partial charge in [0.05, 0.1) is 6.54 Å². The third-order valence-corrected chi connectivity index (χ3v) is 6.32. The lowest BCUT2D eigenvalue weighted by molar-refractivity contribution is -0.0304. The van der Waals surface area contributed by atoms with E-state index in [2.05, 4.69) is 12.1 Å². The zero-order valence-electron chi connectivity index (χ0n) is 16.2. The minimum absolute atomic E-state index is 0.109. The Kier molecular flexibility index (Phi) is 4.36. The molecule has 4 heteroatoms. The van der Waals surface area contributed by atoms with E-state index in [1.165, 1.54) is 5.56 Å². The highest BCUT2D eigenvalue weighted by atomic mass is 16.3. The number of rotatable bonds is 4. The number of urea groups is 1. The van der Waals surface area contributed by atoms with Gasteiger partial charge in [-0.25, -0.2) is 4.79 Å². The molecule has 4 nitrogen and oxygen atoms in total. The number of aryl methyl sites for hydroxylation is 1. The Labute approximate surface area is 171 Å². The Morgan fingerprint density at radius 2 is 1.41 bits per heavy atom. The summed E-state index contributed by atoms with van der Waals surface area (Å²) in [7, 11) is 0. The van der Waals surface area contributed by atoms with Crippen molar-refractivity contribution in [3.63, 3.8) is 0 Å². The minimum Gasteiger partial charge on any atom is -0.371 e. The van der Waals surface area contributed by atoms with Crippen LogP contribution in [-0.2, 0) is 25.0 Å². The molecule has 1 spiro atoms. The van der Waals surface area contributed by atoms with Crippen LogP contribution in [0.2, 0.25) is 0 Å². The first kappa shape index (κ1) is 18.0. The number of benzene rings is 3. The van der Waals surface area contributed by atoms with Crippen LogP contribution in [0.25, 0.3) is 0 Å². The molecule has 1 aliphatic carbocycles. The van der Waals surface area contributed by atoms with E-state index >= 15 is 0 Å². The largest absolute Gasteiger partial charge is 0.371 e. The molecule has 0 aromatic heterocycles. The maximum atomic E-state index is 13.6. The van der Waals surface area contributed by atoms with E-state index < -0.39 is 11.8 Å². The van der Waals surface area contributed by atoms with Crippen molar-refractivity contribution in [3.8, 4) is 0 Å². The molecule has 1 heterocycles. The normalized spacial score (nSPS) is 23.1. The van der Waals surface area contributed by atoms with E-state index in [1.54, 1.807) is 4.90 Å². The highest BCUT2D eigenvalue weighted by Crippen LogP contribution is 2.50. The fourth-order valence-corrected chi connectivity index (χ4v) is 4.91. The smallest absolute Gasteiger partial charge is 0.323 e. The fourth-order valence-electron chi connectivity index (χ4n) is 4.91. The topological polar surface area (TPSA) is 43.8 Å². The summed E-state index contributed by atoms with van der Waals surface area (Å²) in [6, 6.07) is 28.0. The first-order valence-corrected chi connectivity index (χ1v) is 10.1. The lowest BCUT2D eigenvalue weighted by Gasteiger charge is -2.37. The number of amides is 2. The van der Waals surface area contributed by atoms with Crippen LogP contribution in [0.15, 0.2) is 84.9 Å². The second kappa shape index (κ2) is 7.05. The van der Waals surface area contributed by atoms with Crippen LogP contribution in [0.1, 0.15) is 28.7 Å². The standard InChI is InChI=1S/C25H24N2O2/c28-23-25(16-15-21-13-7-8-14-22(21)25)27(18-20-11-5-2-6-12-20)24(29)26(23)17-19-9-3-1-4-10-19/h1-14,23,28H,15-18H2. The summed E-state index contributed by atoms with van der Waals surface area (Å²) in [6.45, 7) is 0.881. The monoisotopic (exact) mass is 384 g/mol. The molecule has 0 saturated carbocycles. The summed E-state index contributed by atoms with van der Waals surface area (Å²) < 4.78 is 0. The third kappa shape index (κ3) is 2.83. The zero-order chi connectivity index (χ0) is 19.8. The summed E-state index contributed by atoms with van der Waals surface area (Å²) in [4.78, 5) is 17.1. The first-order valence-electron chi connectivity index (χ1n) is 10.1. The molecule has 3 aromatic rings. The van der Waals surface area contributed by atoms with Crippen molar-refractivity contribution in [2.75, 3.05) is 0 Å². The molecular formula is C25H24N2O2. The third-order valence-electron chi connectivity index (χ3n) is 6.32. The van der Waals surface area contributed by atoms with Crippen LogP contribution in [-0.4, -0.2) is 27.2 Å². The number of carbonyl (C=O) groups excluding carboxylic acids is 1. The lowest BCUT2D eigenvalue weighted by Crippen LogP contribution is -2.47. The Morgan fingerprint density at radius 1 is 0.828 bits per heavy atom. The molecule has 0 bridgehead atoms. The summed E-state index contributed by atoms with van der Waals surface area (Å²) in [5, 5.41) is 11.5. The number of carbonyl (C=O) groups is 1. The van der Waals surface area contributed by atoms with E-state index in [0.29, 0.717) is 13.1 Å². The van der Waals surface area contributed by atoms with E-state index in [9.17, 15) is 9.90 Å². The van der Waals surface area contributed by atoms with E-state index in [4.69, 9.17) is 0 Å². The summed E-state index contributed by atoms with van der Waals surface area (Å²) in [5.74, 6) is 0. The van der Waals surface area contributed by atoms with Gasteiger partial charge in [-0.3, -0.25) is 4.90 Å². The Balaban J connectivity index is 1.58. The molecule has 3 aromatic carbocycles. The first-order chi connectivity index (χ1) is 14.2. The van der Waals surface area contributed by atoms with Crippen molar-refractivity contribution in [2.24, 2.45) is 0 Å². The summed E-state index contributed by atoms with van der Waals surface area (Å²) in [5.41, 5.74) is 3.67. The van der Waals surface area contributed by atoms with Crippen molar-refractivity contribution >= 4 is 6.03 Å². The van der Waals surface area contributed by atoms with Gasteiger partial charge in [0.1, 0.15) is 5.54 Å². The van der Waals surface area contributed by atoms with Gasteiger partial charge in [-0.15, -0.1) is 0 Å². The molecule has 0 radical (unpaired) electrons. The van der Waals surface area contributed by atoms with Crippen molar-refractivity contribution in [3.05, 3.63) is 107 Å². The molecule has 2 aliphatic rings. The van der Waals surface area contributed by atoms with E-state index in [1.807, 2.05) is 77.7 Å². The summed E-state index contributed by atoms with van der Waals surface area (Å²) in [6.07, 6.45) is 0.713. The van der Waals surface area contributed by atoms with Crippen molar-refractivity contribution in [2.45, 2.75) is 37.7 Å². The predicted molar refractivity (Wildman–Crippen MR) is 112 cm³/mol. The maximum absolute atomic E-state index is 13.6. The number of hydrogen-bond donors (Lipinski definition) is 1. The van der Waals surface area contributed by atoms with E-state index in [-0.39, 0.29) is 6.03 Å². The predicted octanol–water partition coefficient (Wildman–Crippen LogP) is 4.28. The Hall–Kier alpha value is -3.11. The van der Waals surface area contributed by atoms with Gasteiger partial charge in [0, 0.05) is 6.54 Å². The molecular weight excluding hydrogens is 360 g/mol. The molecule has 1 fully saturated rings. The molecule has 5 rings (SSSR count). The molecule has 2 atom stereocenters. The zero-order valence-corrected chi connectivity index (χ0v) is 16.2. The van der Waals surface area contributed by atoms with Gasteiger partial charge in [-0.05, 0) is 35.1 Å². The Morgan fingerprint density at radius 3 is 2.10 bits per heavy atom. The van der Waals surface area contributed by atoms with Crippen LogP contribution < -0.4 is 0 Å². The van der Waals surface area contributed by atoms with Crippen molar-refractivity contribution < 1.29 is 9.90 Å². The van der Waals surface area contributed by atoms with Crippen LogP contribution in [0.5, 0.6) is 0 Å². The molecule has 146 valence electrons. The van der Waals surface area contributed by atoms with Crippen LogP contribution in [0.4, 0.5) is 4.79 Å². The second-order valence-corrected chi connectivity index (χ2v) is 7.92. The van der Waals surface area contributed by atoms with Gasteiger partial charge in [-0.2, -0.15) is 0 Å². The highest BCUT2D eigenvalue weighted by molar-refractivity contribution is 5.80. The van der Waals surface area contributed by atoms with Crippen LogP contribution in [0, 0.1) is 0 Å². The average molecular weight is 384 g/mol.